The third kappa shape index (κ3) is 1.32. The molecule has 0 aliphatic carbocycles. The van der Waals surface area contributed by atoms with Crippen LogP contribution in [0.15, 0.2) is 22.9 Å². The van der Waals surface area contributed by atoms with Crippen molar-refractivity contribution in [2.75, 3.05) is 5.73 Å². The SMILES string of the molecule is Cc1c(-c2ccc(F)cn2)noc1N. The van der Waals surface area contributed by atoms with Crippen molar-refractivity contribution in [1.82, 2.24) is 10.1 Å². The molecular formula is C9H8FN3O. The Bertz CT molecular complexity index is 450. The van der Waals surface area contributed by atoms with E-state index in [0.29, 0.717) is 17.0 Å². The second-order valence-corrected chi connectivity index (χ2v) is 2.88. The standard InChI is InChI=1S/C9H8FN3O/c1-5-8(13-14-9(5)11)7-3-2-6(10)4-12-7/h2-4H,11H2,1H3. The maximum Gasteiger partial charge on any atom is 0.225 e. The van der Waals surface area contributed by atoms with Crippen LogP contribution in [0.3, 0.4) is 0 Å². The first-order valence-electron chi connectivity index (χ1n) is 4.02. The summed E-state index contributed by atoms with van der Waals surface area (Å²) in [6.45, 7) is 1.77. The number of aromatic nitrogens is 2. The molecule has 0 saturated carbocycles. The lowest BCUT2D eigenvalue weighted by Crippen LogP contribution is -1.88. The molecular weight excluding hydrogens is 185 g/mol. The van der Waals surface area contributed by atoms with E-state index >= 15 is 0 Å². The van der Waals surface area contributed by atoms with Gasteiger partial charge in [0.05, 0.1) is 11.9 Å². The van der Waals surface area contributed by atoms with Gasteiger partial charge in [-0.2, -0.15) is 0 Å². The predicted octanol–water partition coefficient (Wildman–Crippen LogP) is 1.77. The highest BCUT2D eigenvalue weighted by molar-refractivity contribution is 5.62. The largest absolute Gasteiger partial charge is 0.367 e. The molecule has 4 nitrogen and oxygen atoms in total. The Labute approximate surface area is 79.5 Å². The molecule has 0 saturated heterocycles. The molecule has 2 N–H and O–H groups in total. The third-order valence-corrected chi connectivity index (χ3v) is 1.93. The van der Waals surface area contributed by atoms with Crippen molar-refractivity contribution < 1.29 is 8.91 Å². The Kier molecular flexibility index (Phi) is 1.92. The van der Waals surface area contributed by atoms with Crippen LogP contribution in [-0.4, -0.2) is 10.1 Å². The molecule has 0 spiro atoms. The fraction of sp³-hybridized carbons (Fsp3) is 0.111. The van der Waals surface area contributed by atoms with Crippen LogP contribution in [0.1, 0.15) is 5.56 Å². The van der Waals surface area contributed by atoms with E-state index in [2.05, 4.69) is 10.1 Å². The summed E-state index contributed by atoms with van der Waals surface area (Å²) in [7, 11) is 0. The highest BCUT2D eigenvalue weighted by atomic mass is 19.1. The molecule has 0 unspecified atom stereocenters. The van der Waals surface area contributed by atoms with E-state index in [1.54, 1.807) is 6.92 Å². The van der Waals surface area contributed by atoms with Gasteiger partial charge in [-0.05, 0) is 19.1 Å². The zero-order valence-electron chi connectivity index (χ0n) is 7.49. The molecule has 14 heavy (non-hydrogen) atoms. The van der Waals surface area contributed by atoms with Crippen LogP contribution in [0.25, 0.3) is 11.4 Å². The summed E-state index contributed by atoms with van der Waals surface area (Å²) in [5.41, 5.74) is 7.28. The Hall–Kier alpha value is -1.91. The number of pyridine rings is 1. The molecule has 2 rings (SSSR count). The van der Waals surface area contributed by atoms with Crippen LogP contribution < -0.4 is 5.73 Å². The maximum atomic E-state index is 12.6. The van der Waals surface area contributed by atoms with E-state index in [1.807, 2.05) is 0 Å². The van der Waals surface area contributed by atoms with Crippen molar-refractivity contribution in [3.63, 3.8) is 0 Å². The molecule has 0 amide bonds. The van der Waals surface area contributed by atoms with Crippen molar-refractivity contribution in [1.29, 1.82) is 0 Å². The number of nitrogens with zero attached hydrogens (tertiary/aromatic N) is 2. The molecule has 0 radical (unpaired) electrons. The van der Waals surface area contributed by atoms with Gasteiger partial charge in [0.1, 0.15) is 11.5 Å². The summed E-state index contributed by atoms with van der Waals surface area (Å²) in [6.07, 6.45) is 1.12. The van der Waals surface area contributed by atoms with Gasteiger partial charge in [0.2, 0.25) is 5.88 Å². The van der Waals surface area contributed by atoms with E-state index in [-0.39, 0.29) is 11.7 Å². The quantitative estimate of drug-likeness (QED) is 0.749. The summed E-state index contributed by atoms with van der Waals surface area (Å²) in [6, 6.07) is 2.84. The zero-order valence-corrected chi connectivity index (χ0v) is 7.49. The van der Waals surface area contributed by atoms with Crippen molar-refractivity contribution in [3.8, 4) is 11.4 Å². The van der Waals surface area contributed by atoms with Crippen molar-refractivity contribution >= 4 is 5.88 Å². The molecule has 0 bridgehead atoms. The van der Waals surface area contributed by atoms with Crippen LogP contribution >= 0.6 is 0 Å². The van der Waals surface area contributed by atoms with Crippen LogP contribution in [0, 0.1) is 12.7 Å². The number of hydrogen-bond acceptors (Lipinski definition) is 4. The van der Waals surface area contributed by atoms with E-state index in [1.165, 1.54) is 12.1 Å². The van der Waals surface area contributed by atoms with Crippen LogP contribution in [-0.2, 0) is 0 Å². The number of nitrogen functional groups attached to an aromatic ring is 1. The molecule has 2 aromatic heterocycles. The first-order valence-corrected chi connectivity index (χ1v) is 4.02. The van der Waals surface area contributed by atoms with Gasteiger partial charge in [0.15, 0.2) is 0 Å². The number of anilines is 1. The van der Waals surface area contributed by atoms with E-state index in [0.717, 1.165) is 6.20 Å². The number of nitrogens with two attached hydrogens (primary N) is 1. The van der Waals surface area contributed by atoms with Crippen LogP contribution in [0.2, 0.25) is 0 Å². The van der Waals surface area contributed by atoms with Crippen LogP contribution in [0.4, 0.5) is 10.3 Å². The number of halogens is 1. The Morgan fingerprint density at radius 2 is 2.21 bits per heavy atom. The molecule has 0 fully saturated rings. The van der Waals surface area contributed by atoms with Gasteiger partial charge in [-0.1, -0.05) is 5.16 Å². The lowest BCUT2D eigenvalue weighted by Gasteiger charge is -1.95. The van der Waals surface area contributed by atoms with Gasteiger partial charge in [0.25, 0.3) is 0 Å². The first-order chi connectivity index (χ1) is 6.68. The highest BCUT2D eigenvalue weighted by Crippen LogP contribution is 2.23. The second-order valence-electron chi connectivity index (χ2n) is 2.88. The molecule has 5 heteroatoms. The minimum Gasteiger partial charge on any atom is -0.367 e. The second kappa shape index (κ2) is 3.10. The lowest BCUT2D eigenvalue weighted by molar-refractivity contribution is 0.438. The summed E-state index contributed by atoms with van der Waals surface area (Å²) < 4.78 is 17.4. The Morgan fingerprint density at radius 1 is 1.43 bits per heavy atom. The Balaban J connectivity index is 2.49. The van der Waals surface area contributed by atoms with Crippen LogP contribution in [0.5, 0.6) is 0 Å². The molecule has 0 aliphatic rings. The zero-order chi connectivity index (χ0) is 10.1. The van der Waals surface area contributed by atoms with Crippen molar-refractivity contribution in [2.24, 2.45) is 0 Å². The molecule has 2 heterocycles. The van der Waals surface area contributed by atoms with E-state index in [9.17, 15) is 4.39 Å². The highest BCUT2D eigenvalue weighted by Gasteiger charge is 2.11. The average Bonchev–Trinajstić information content (AvgIpc) is 2.50. The van der Waals surface area contributed by atoms with Gasteiger partial charge in [-0.25, -0.2) is 4.39 Å². The molecule has 0 aliphatic heterocycles. The Morgan fingerprint density at radius 3 is 2.71 bits per heavy atom. The van der Waals surface area contributed by atoms with Crippen molar-refractivity contribution in [2.45, 2.75) is 6.92 Å². The van der Waals surface area contributed by atoms with E-state index in [4.69, 9.17) is 10.3 Å². The normalized spacial score (nSPS) is 10.4. The smallest absolute Gasteiger partial charge is 0.225 e. The minimum atomic E-state index is -0.386. The molecule has 0 atom stereocenters. The predicted molar refractivity (Wildman–Crippen MR) is 48.8 cm³/mol. The lowest BCUT2D eigenvalue weighted by atomic mass is 10.2. The monoisotopic (exact) mass is 193 g/mol. The van der Waals surface area contributed by atoms with E-state index < -0.39 is 0 Å². The molecule has 0 aromatic carbocycles. The van der Waals surface area contributed by atoms with Gasteiger partial charge in [0, 0.05) is 5.56 Å². The fourth-order valence-corrected chi connectivity index (χ4v) is 1.10. The minimum absolute atomic E-state index is 0.256. The summed E-state index contributed by atoms with van der Waals surface area (Å²) in [5, 5.41) is 3.73. The summed E-state index contributed by atoms with van der Waals surface area (Å²) in [5.74, 6) is -0.131. The van der Waals surface area contributed by atoms with Crippen molar-refractivity contribution in [3.05, 3.63) is 29.7 Å². The van der Waals surface area contributed by atoms with Gasteiger partial charge in [-0.15, -0.1) is 0 Å². The number of hydrogen-bond donors (Lipinski definition) is 1. The summed E-state index contributed by atoms with van der Waals surface area (Å²) in [4.78, 5) is 3.87. The molecule has 72 valence electrons. The molecule has 2 aromatic rings. The average molecular weight is 193 g/mol. The fourth-order valence-electron chi connectivity index (χ4n) is 1.10. The maximum absolute atomic E-state index is 12.6. The topological polar surface area (TPSA) is 64.9 Å². The first kappa shape index (κ1) is 8.68. The summed E-state index contributed by atoms with van der Waals surface area (Å²) >= 11 is 0. The number of rotatable bonds is 1. The van der Waals surface area contributed by atoms with Gasteiger partial charge in [-0.3, -0.25) is 4.98 Å². The third-order valence-electron chi connectivity index (χ3n) is 1.93. The van der Waals surface area contributed by atoms with Gasteiger partial charge < -0.3 is 10.3 Å². The van der Waals surface area contributed by atoms with Gasteiger partial charge >= 0.3 is 0 Å².